The molecule has 0 saturated carbocycles. The Morgan fingerprint density at radius 2 is 1.82 bits per heavy atom. The number of hydrogen-bond acceptors (Lipinski definition) is 5. The van der Waals surface area contributed by atoms with Crippen molar-refractivity contribution >= 4 is 6.16 Å². The average molecular weight is 383 g/mol. The minimum Gasteiger partial charge on any atom is -0.491 e. The lowest BCUT2D eigenvalue weighted by atomic mass is 9.76. The predicted octanol–water partition coefficient (Wildman–Crippen LogP) is 4.86. The molecule has 2 atom stereocenters. The van der Waals surface area contributed by atoms with E-state index in [1.165, 1.54) is 0 Å². The highest BCUT2D eigenvalue weighted by Crippen LogP contribution is 2.42. The molecule has 0 amide bonds. The topological polar surface area (TPSA) is 48.0 Å². The molecule has 1 fully saturated rings. The molecular formula is C23H29NO4. The summed E-state index contributed by atoms with van der Waals surface area (Å²) in [4.78, 5) is 14.9. The van der Waals surface area contributed by atoms with E-state index in [0.29, 0.717) is 12.2 Å². The van der Waals surface area contributed by atoms with Crippen LogP contribution in [0.4, 0.5) is 4.79 Å². The van der Waals surface area contributed by atoms with Gasteiger partial charge in [-0.2, -0.15) is 0 Å². The number of ether oxygens (including phenoxy) is 3. The standard InChI is InChI=1S/C23H29NO4/c1-17(2)26-21-12-8-9-19(15-21)23(13-14-24(4)16-18(23)3)28-22(25)27-20-10-6-5-7-11-20/h5-12,15,17-18H,13-14,16H2,1-4H3/t18-,23+/m0/s1. The fourth-order valence-electron chi connectivity index (χ4n) is 3.81. The quantitative estimate of drug-likeness (QED) is 0.545. The summed E-state index contributed by atoms with van der Waals surface area (Å²) < 4.78 is 17.3. The molecule has 3 rings (SSSR count). The Labute approximate surface area is 167 Å². The molecule has 0 aliphatic carbocycles. The SMILES string of the molecule is CC(C)Oc1cccc([C@@]2(OC(=O)Oc3ccccc3)CCN(C)C[C@@H]2C)c1. The van der Waals surface area contributed by atoms with Gasteiger partial charge in [-0.05, 0) is 50.7 Å². The van der Waals surface area contributed by atoms with Crippen LogP contribution in [-0.2, 0) is 10.3 Å². The molecule has 0 spiro atoms. The van der Waals surface area contributed by atoms with Gasteiger partial charge < -0.3 is 19.1 Å². The summed E-state index contributed by atoms with van der Waals surface area (Å²) in [7, 11) is 2.08. The summed E-state index contributed by atoms with van der Waals surface area (Å²) >= 11 is 0. The van der Waals surface area contributed by atoms with E-state index in [1.54, 1.807) is 12.1 Å². The fourth-order valence-corrected chi connectivity index (χ4v) is 3.81. The number of piperidine rings is 1. The van der Waals surface area contributed by atoms with Crippen LogP contribution in [0.25, 0.3) is 0 Å². The van der Waals surface area contributed by atoms with Crippen molar-refractivity contribution in [2.75, 3.05) is 20.1 Å². The number of hydrogen-bond donors (Lipinski definition) is 0. The van der Waals surface area contributed by atoms with Crippen LogP contribution in [0.3, 0.4) is 0 Å². The van der Waals surface area contributed by atoms with Crippen molar-refractivity contribution in [2.24, 2.45) is 5.92 Å². The van der Waals surface area contributed by atoms with Gasteiger partial charge in [-0.15, -0.1) is 0 Å². The number of benzene rings is 2. The maximum atomic E-state index is 12.7. The summed E-state index contributed by atoms with van der Waals surface area (Å²) in [6.07, 6.45) is 0.0857. The molecule has 0 N–H and O–H groups in total. The van der Waals surface area contributed by atoms with Crippen molar-refractivity contribution in [1.82, 2.24) is 4.90 Å². The highest BCUT2D eigenvalue weighted by atomic mass is 16.7. The van der Waals surface area contributed by atoms with Crippen LogP contribution in [0.5, 0.6) is 11.5 Å². The second-order valence-electron chi connectivity index (χ2n) is 7.76. The smallest absolute Gasteiger partial charge is 0.491 e. The number of rotatable bonds is 5. The van der Waals surface area contributed by atoms with Crippen molar-refractivity contribution in [3.63, 3.8) is 0 Å². The molecule has 5 nitrogen and oxygen atoms in total. The van der Waals surface area contributed by atoms with Crippen LogP contribution in [0.1, 0.15) is 32.8 Å². The van der Waals surface area contributed by atoms with Crippen molar-refractivity contribution in [3.05, 3.63) is 60.2 Å². The van der Waals surface area contributed by atoms with E-state index in [-0.39, 0.29) is 12.0 Å². The fraction of sp³-hybridized carbons (Fsp3) is 0.435. The van der Waals surface area contributed by atoms with Crippen LogP contribution < -0.4 is 9.47 Å². The minimum absolute atomic E-state index is 0.0741. The second-order valence-corrected chi connectivity index (χ2v) is 7.76. The summed E-state index contributed by atoms with van der Waals surface area (Å²) in [5.74, 6) is 1.35. The normalized spacial score (nSPS) is 22.7. The highest BCUT2D eigenvalue weighted by Gasteiger charge is 2.45. The lowest BCUT2D eigenvalue weighted by Gasteiger charge is -2.44. The zero-order valence-corrected chi connectivity index (χ0v) is 17.1. The van der Waals surface area contributed by atoms with Gasteiger partial charge in [-0.25, -0.2) is 4.79 Å². The summed E-state index contributed by atoms with van der Waals surface area (Å²) in [5.41, 5.74) is 0.186. The summed E-state index contributed by atoms with van der Waals surface area (Å²) in [6.45, 7) is 7.76. The number of carbonyl (C=O) groups excluding carboxylic acids is 1. The van der Waals surface area contributed by atoms with E-state index >= 15 is 0 Å². The van der Waals surface area contributed by atoms with Gasteiger partial charge in [0, 0.05) is 25.4 Å². The van der Waals surface area contributed by atoms with Crippen LogP contribution in [0.2, 0.25) is 0 Å². The van der Waals surface area contributed by atoms with E-state index in [1.807, 2.05) is 56.3 Å². The second kappa shape index (κ2) is 8.65. The molecule has 0 unspecified atom stereocenters. The molecule has 1 aliphatic rings. The molecule has 2 aromatic rings. The number of likely N-dealkylation sites (tertiary alicyclic amines) is 1. The average Bonchev–Trinajstić information content (AvgIpc) is 2.65. The molecule has 0 radical (unpaired) electrons. The van der Waals surface area contributed by atoms with E-state index in [4.69, 9.17) is 14.2 Å². The lowest BCUT2D eigenvalue weighted by Crippen LogP contribution is -2.50. The van der Waals surface area contributed by atoms with Crippen LogP contribution in [-0.4, -0.2) is 37.3 Å². The van der Waals surface area contributed by atoms with Gasteiger partial charge >= 0.3 is 6.16 Å². The third kappa shape index (κ3) is 4.65. The van der Waals surface area contributed by atoms with E-state index in [0.717, 1.165) is 24.4 Å². The Hall–Kier alpha value is -2.53. The first-order valence-corrected chi connectivity index (χ1v) is 9.80. The Bertz CT molecular complexity index is 792. The minimum atomic E-state index is -0.755. The number of carbonyl (C=O) groups is 1. The van der Waals surface area contributed by atoms with E-state index < -0.39 is 11.8 Å². The first-order valence-electron chi connectivity index (χ1n) is 9.80. The Balaban J connectivity index is 1.89. The van der Waals surface area contributed by atoms with E-state index in [2.05, 4.69) is 18.9 Å². The third-order valence-electron chi connectivity index (χ3n) is 5.15. The Morgan fingerprint density at radius 3 is 2.50 bits per heavy atom. The molecule has 0 aromatic heterocycles. The van der Waals surface area contributed by atoms with Crippen molar-refractivity contribution in [2.45, 2.75) is 38.9 Å². The number of para-hydroxylation sites is 1. The van der Waals surface area contributed by atoms with Gasteiger partial charge in [0.2, 0.25) is 0 Å². The molecule has 5 heteroatoms. The van der Waals surface area contributed by atoms with E-state index in [9.17, 15) is 4.79 Å². The Kier molecular flexibility index (Phi) is 6.25. The molecule has 0 bridgehead atoms. The summed E-state index contributed by atoms with van der Waals surface area (Å²) in [5, 5.41) is 0. The molecule has 1 saturated heterocycles. The van der Waals surface area contributed by atoms with Crippen LogP contribution in [0.15, 0.2) is 54.6 Å². The zero-order chi connectivity index (χ0) is 20.1. The van der Waals surface area contributed by atoms with Gasteiger partial charge in [-0.3, -0.25) is 0 Å². The molecule has 150 valence electrons. The molecular weight excluding hydrogens is 354 g/mol. The van der Waals surface area contributed by atoms with Gasteiger partial charge in [0.05, 0.1) is 6.10 Å². The molecule has 28 heavy (non-hydrogen) atoms. The van der Waals surface area contributed by atoms with Crippen molar-refractivity contribution < 1.29 is 19.0 Å². The predicted molar refractivity (Wildman–Crippen MR) is 109 cm³/mol. The van der Waals surface area contributed by atoms with Gasteiger partial charge in [0.25, 0.3) is 0 Å². The van der Waals surface area contributed by atoms with Crippen molar-refractivity contribution in [1.29, 1.82) is 0 Å². The maximum absolute atomic E-state index is 12.7. The largest absolute Gasteiger partial charge is 0.514 e. The number of nitrogens with zero attached hydrogens (tertiary/aromatic N) is 1. The molecule has 2 aromatic carbocycles. The third-order valence-corrected chi connectivity index (χ3v) is 5.15. The van der Waals surface area contributed by atoms with Crippen LogP contribution >= 0.6 is 0 Å². The van der Waals surface area contributed by atoms with Gasteiger partial charge in [0.1, 0.15) is 17.1 Å². The van der Waals surface area contributed by atoms with Crippen LogP contribution in [0, 0.1) is 5.92 Å². The highest BCUT2D eigenvalue weighted by molar-refractivity contribution is 5.65. The first-order chi connectivity index (χ1) is 13.4. The lowest BCUT2D eigenvalue weighted by molar-refractivity contribution is -0.0893. The molecule has 1 aliphatic heterocycles. The molecule has 1 heterocycles. The monoisotopic (exact) mass is 383 g/mol. The first kappa shape index (κ1) is 20.2. The maximum Gasteiger partial charge on any atom is 0.514 e. The summed E-state index contributed by atoms with van der Waals surface area (Å²) in [6, 6.07) is 16.9. The zero-order valence-electron chi connectivity index (χ0n) is 17.1. The van der Waals surface area contributed by atoms with Gasteiger partial charge in [0.15, 0.2) is 0 Å². The van der Waals surface area contributed by atoms with Crippen molar-refractivity contribution in [3.8, 4) is 11.5 Å². The Morgan fingerprint density at radius 1 is 1.11 bits per heavy atom. The van der Waals surface area contributed by atoms with Gasteiger partial charge in [-0.1, -0.05) is 37.3 Å².